The van der Waals surface area contributed by atoms with Gasteiger partial charge in [-0.25, -0.2) is 8.42 Å². The highest BCUT2D eigenvalue weighted by molar-refractivity contribution is 7.91. The molecular formula is C15H23NO2S. The number of nitrogens with one attached hydrogen (secondary N) is 1. The molecule has 0 bridgehead atoms. The summed E-state index contributed by atoms with van der Waals surface area (Å²) in [4.78, 5) is 0.480. The van der Waals surface area contributed by atoms with Gasteiger partial charge in [-0.15, -0.1) is 0 Å². The second-order valence-corrected chi connectivity index (χ2v) is 7.49. The number of rotatable bonds is 5. The topological polar surface area (TPSA) is 46.2 Å². The van der Waals surface area contributed by atoms with Crippen molar-refractivity contribution in [1.29, 1.82) is 0 Å². The van der Waals surface area contributed by atoms with Crippen LogP contribution in [0.4, 0.5) is 0 Å². The molecule has 1 aliphatic rings. The SMILES string of the molecule is CNC(CS(=O)(=O)c1ccccc1C)C1CCCC1. The first-order valence-electron chi connectivity index (χ1n) is 7.00. The van der Waals surface area contributed by atoms with Gasteiger partial charge in [-0.2, -0.15) is 0 Å². The van der Waals surface area contributed by atoms with E-state index in [4.69, 9.17) is 0 Å². The average Bonchev–Trinajstić information content (AvgIpc) is 2.90. The van der Waals surface area contributed by atoms with Gasteiger partial charge < -0.3 is 5.32 Å². The summed E-state index contributed by atoms with van der Waals surface area (Å²) in [6.45, 7) is 1.86. The molecule has 4 heteroatoms. The molecule has 1 saturated carbocycles. The molecule has 0 spiro atoms. The van der Waals surface area contributed by atoms with Gasteiger partial charge in [0, 0.05) is 6.04 Å². The highest BCUT2D eigenvalue weighted by Crippen LogP contribution is 2.29. The van der Waals surface area contributed by atoms with Gasteiger partial charge >= 0.3 is 0 Å². The maximum Gasteiger partial charge on any atom is 0.180 e. The van der Waals surface area contributed by atoms with Crippen molar-refractivity contribution in [2.24, 2.45) is 5.92 Å². The lowest BCUT2D eigenvalue weighted by atomic mass is 10.0. The second kappa shape index (κ2) is 6.06. The fourth-order valence-electron chi connectivity index (χ4n) is 3.05. The van der Waals surface area contributed by atoms with Crippen LogP contribution in [0.15, 0.2) is 29.2 Å². The van der Waals surface area contributed by atoms with E-state index >= 15 is 0 Å². The van der Waals surface area contributed by atoms with E-state index in [9.17, 15) is 8.42 Å². The van der Waals surface area contributed by atoms with Crippen molar-refractivity contribution in [3.05, 3.63) is 29.8 Å². The minimum Gasteiger partial charge on any atom is -0.316 e. The summed E-state index contributed by atoms with van der Waals surface area (Å²) in [6, 6.07) is 7.32. The summed E-state index contributed by atoms with van der Waals surface area (Å²) < 4.78 is 25.1. The molecular weight excluding hydrogens is 258 g/mol. The zero-order valence-corrected chi connectivity index (χ0v) is 12.5. The van der Waals surface area contributed by atoms with Crippen LogP contribution < -0.4 is 5.32 Å². The number of benzene rings is 1. The molecule has 1 aliphatic carbocycles. The standard InChI is InChI=1S/C15H23NO2S/c1-12-7-3-6-10-15(12)19(17,18)11-14(16-2)13-8-4-5-9-13/h3,6-7,10,13-14,16H,4-5,8-9,11H2,1-2H3. The van der Waals surface area contributed by atoms with E-state index in [0.717, 1.165) is 18.4 Å². The fourth-order valence-corrected chi connectivity index (χ4v) is 4.98. The molecule has 1 fully saturated rings. The summed E-state index contributed by atoms with van der Waals surface area (Å²) in [5, 5.41) is 3.21. The molecule has 106 valence electrons. The van der Waals surface area contributed by atoms with Crippen LogP contribution in [0.3, 0.4) is 0 Å². The Morgan fingerprint density at radius 2 is 1.89 bits per heavy atom. The van der Waals surface area contributed by atoms with Crippen molar-refractivity contribution in [2.75, 3.05) is 12.8 Å². The van der Waals surface area contributed by atoms with Gasteiger partial charge in [0.05, 0.1) is 10.6 Å². The van der Waals surface area contributed by atoms with E-state index in [1.165, 1.54) is 12.8 Å². The first kappa shape index (κ1) is 14.5. The average molecular weight is 281 g/mol. The van der Waals surface area contributed by atoms with Crippen LogP contribution in [0.2, 0.25) is 0 Å². The van der Waals surface area contributed by atoms with Gasteiger partial charge in [-0.3, -0.25) is 0 Å². The maximum absolute atomic E-state index is 12.5. The summed E-state index contributed by atoms with van der Waals surface area (Å²) in [7, 11) is -1.33. The smallest absolute Gasteiger partial charge is 0.180 e. The summed E-state index contributed by atoms with van der Waals surface area (Å²) in [6.07, 6.45) is 4.75. The van der Waals surface area contributed by atoms with Gasteiger partial charge in [0.2, 0.25) is 0 Å². The van der Waals surface area contributed by atoms with Crippen LogP contribution in [0.5, 0.6) is 0 Å². The zero-order chi connectivity index (χ0) is 13.9. The van der Waals surface area contributed by atoms with Crippen molar-refractivity contribution in [1.82, 2.24) is 5.32 Å². The molecule has 2 rings (SSSR count). The first-order valence-corrected chi connectivity index (χ1v) is 8.65. The molecule has 0 radical (unpaired) electrons. The van der Waals surface area contributed by atoms with E-state index in [1.807, 2.05) is 26.1 Å². The van der Waals surface area contributed by atoms with Gasteiger partial charge in [0.1, 0.15) is 0 Å². The van der Waals surface area contributed by atoms with Crippen molar-refractivity contribution in [3.63, 3.8) is 0 Å². The number of sulfone groups is 1. The highest BCUT2D eigenvalue weighted by atomic mass is 32.2. The molecule has 1 aromatic carbocycles. The Hall–Kier alpha value is -0.870. The van der Waals surface area contributed by atoms with Crippen molar-refractivity contribution in [3.8, 4) is 0 Å². The van der Waals surface area contributed by atoms with Gasteiger partial charge in [-0.1, -0.05) is 31.0 Å². The molecule has 19 heavy (non-hydrogen) atoms. The summed E-state index contributed by atoms with van der Waals surface area (Å²) in [5.74, 6) is 0.711. The lowest BCUT2D eigenvalue weighted by Gasteiger charge is -2.23. The monoisotopic (exact) mass is 281 g/mol. The van der Waals surface area contributed by atoms with Gasteiger partial charge in [0.25, 0.3) is 0 Å². The Labute approximate surface area is 116 Å². The highest BCUT2D eigenvalue weighted by Gasteiger charge is 2.29. The van der Waals surface area contributed by atoms with Crippen LogP contribution in [-0.2, 0) is 9.84 Å². The first-order chi connectivity index (χ1) is 9.04. The Kier molecular flexibility index (Phi) is 4.63. The van der Waals surface area contributed by atoms with Crippen molar-refractivity contribution in [2.45, 2.75) is 43.5 Å². The van der Waals surface area contributed by atoms with E-state index in [-0.39, 0.29) is 11.8 Å². The predicted octanol–water partition coefficient (Wildman–Crippen LogP) is 2.55. The normalized spacial score (nSPS) is 18.6. The van der Waals surface area contributed by atoms with E-state index in [1.54, 1.807) is 12.1 Å². The Morgan fingerprint density at radius 1 is 1.26 bits per heavy atom. The summed E-state index contributed by atoms with van der Waals surface area (Å²) >= 11 is 0. The van der Waals surface area contributed by atoms with Crippen LogP contribution in [-0.4, -0.2) is 27.3 Å². The number of aryl methyl sites for hydroxylation is 1. The minimum atomic E-state index is -3.20. The number of hydrogen-bond acceptors (Lipinski definition) is 3. The third-order valence-corrected chi connectivity index (χ3v) is 6.09. The van der Waals surface area contributed by atoms with Crippen molar-refractivity contribution < 1.29 is 8.42 Å². The molecule has 0 saturated heterocycles. The Bertz CT molecular complexity index is 519. The second-order valence-electron chi connectivity index (χ2n) is 5.49. The third-order valence-electron chi connectivity index (χ3n) is 4.17. The van der Waals surface area contributed by atoms with E-state index in [0.29, 0.717) is 10.8 Å². The Morgan fingerprint density at radius 3 is 2.47 bits per heavy atom. The van der Waals surface area contributed by atoms with Crippen LogP contribution >= 0.6 is 0 Å². The predicted molar refractivity (Wildman–Crippen MR) is 78.0 cm³/mol. The lowest BCUT2D eigenvalue weighted by molar-refractivity contribution is 0.404. The molecule has 1 unspecified atom stereocenters. The zero-order valence-electron chi connectivity index (χ0n) is 11.7. The third kappa shape index (κ3) is 3.37. The quantitative estimate of drug-likeness (QED) is 0.902. The lowest BCUT2D eigenvalue weighted by Crippen LogP contribution is -2.38. The Balaban J connectivity index is 2.18. The number of hydrogen-bond donors (Lipinski definition) is 1. The van der Waals surface area contributed by atoms with Crippen LogP contribution in [0, 0.1) is 12.8 Å². The summed E-state index contributed by atoms with van der Waals surface area (Å²) in [5.41, 5.74) is 0.837. The molecule has 0 aliphatic heterocycles. The minimum absolute atomic E-state index is 0.0760. The molecule has 0 aromatic heterocycles. The molecule has 0 heterocycles. The molecule has 0 amide bonds. The van der Waals surface area contributed by atoms with Gasteiger partial charge in [0.15, 0.2) is 9.84 Å². The van der Waals surface area contributed by atoms with Crippen LogP contribution in [0.25, 0.3) is 0 Å². The van der Waals surface area contributed by atoms with E-state index < -0.39 is 9.84 Å². The molecule has 1 atom stereocenters. The van der Waals surface area contributed by atoms with E-state index in [2.05, 4.69) is 5.32 Å². The largest absolute Gasteiger partial charge is 0.316 e. The van der Waals surface area contributed by atoms with Crippen LogP contribution in [0.1, 0.15) is 31.2 Å². The van der Waals surface area contributed by atoms with Crippen molar-refractivity contribution >= 4 is 9.84 Å². The fraction of sp³-hybridized carbons (Fsp3) is 0.600. The van der Waals surface area contributed by atoms with Gasteiger partial charge in [-0.05, 0) is 44.4 Å². The molecule has 1 aromatic rings. The molecule has 3 nitrogen and oxygen atoms in total. The maximum atomic E-state index is 12.5. The molecule has 1 N–H and O–H groups in total.